The maximum Gasteiger partial charge on any atom is 0.313 e. The second-order valence-corrected chi connectivity index (χ2v) is 5.88. The van der Waals surface area contributed by atoms with Gasteiger partial charge in [-0.05, 0) is 30.9 Å². The first kappa shape index (κ1) is 15.2. The van der Waals surface area contributed by atoms with Gasteiger partial charge < -0.3 is 10.6 Å². The van der Waals surface area contributed by atoms with Crippen molar-refractivity contribution in [3.63, 3.8) is 0 Å². The first-order valence-electron chi connectivity index (χ1n) is 6.43. The molecular weight excluding hydrogens is 240 g/mol. The number of benzene rings is 1. The highest BCUT2D eigenvalue weighted by Gasteiger charge is 2.21. The zero-order chi connectivity index (χ0) is 14.6. The molecule has 1 aromatic carbocycles. The largest absolute Gasteiger partial charge is 0.346 e. The van der Waals surface area contributed by atoms with E-state index in [0.29, 0.717) is 5.69 Å². The molecule has 2 amide bonds. The lowest BCUT2D eigenvalue weighted by atomic mass is 9.86. The lowest BCUT2D eigenvalue weighted by Gasteiger charge is -2.22. The summed E-state index contributed by atoms with van der Waals surface area (Å²) in [5.74, 6) is -1.25. The van der Waals surface area contributed by atoms with Crippen LogP contribution in [0.2, 0.25) is 0 Å². The molecule has 0 aromatic heterocycles. The molecule has 2 N–H and O–H groups in total. The lowest BCUT2D eigenvalue weighted by Crippen LogP contribution is -2.39. The van der Waals surface area contributed by atoms with Crippen LogP contribution in [0.4, 0.5) is 5.69 Å². The van der Waals surface area contributed by atoms with Crippen LogP contribution in [-0.2, 0) is 15.0 Å². The van der Waals surface area contributed by atoms with Gasteiger partial charge in [-0.15, -0.1) is 0 Å². The minimum absolute atomic E-state index is 0.0592. The Kier molecular flexibility index (Phi) is 4.70. The van der Waals surface area contributed by atoms with Crippen LogP contribution < -0.4 is 10.6 Å². The van der Waals surface area contributed by atoms with Gasteiger partial charge in [-0.1, -0.05) is 39.0 Å². The van der Waals surface area contributed by atoms with E-state index in [4.69, 9.17) is 0 Å². The SMILES string of the molecule is CC(C)NC(=O)C(=O)Nc1ccccc1C(C)(C)C. The van der Waals surface area contributed by atoms with Gasteiger partial charge in [0, 0.05) is 11.7 Å². The van der Waals surface area contributed by atoms with Crippen molar-refractivity contribution in [3.8, 4) is 0 Å². The fourth-order valence-corrected chi connectivity index (χ4v) is 1.75. The number of carbonyl (C=O) groups excluding carboxylic acids is 2. The Bertz CT molecular complexity index is 473. The number of hydrogen-bond acceptors (Lipinski definition) is 2. The van der Waals surface area contributed by atoms with Crippen LogP contribution in [0, 0.1) is 0 Å². The van der Waals surface area contributed by atoms with E-state index in [2.05, 4.69) is 31.4 Å². The Morgan fingerprint density at radius 3 is 2.16 bits per heavy atom. The molecule has 4 nitrogen and oxygen atoms in total. The topological polar surface area (TPSA) is 58.2 Å². The minimum atomic E-state index is -0.634. The third-order valence-corrected chi connectivity index (χ3v) is 2.61. The summed E-state index contributed by atoms with van der Waals surface area (Å²) in [6, 6.07) is 7.46. The van der Waals surface area contributed by atoms with Gasteiger partial charge in [0.25, 0.3) is 0 Å². The number of carbonyl (C=O) groups is 2. The Labute approximate surface area is 114 Å². The number of para-hydroxylation sites is 1. The van der Waals surface area contributed by atoms with Crippen LogP contribution in [0.25, 0.3) is 0 Å². The summed E-state index contributed by atoms with van der Waals surface area (Å²) in [6.07, 6.45) is 0. The highest BCUT2D eigenvalue weighted by Crippen LogP contribution is 2.29. The van der Waals surface area contributed by atoms with Crippen LogP contribution in [0.1, 0.15) is 40.2 Å². The number of rotatable bonds is 2. The van der Waals surface area contributed by atoms with Crippen molar-refractivity contribution >= 4 is 17.5 Å². The van der Waals surface area contributed by atoms with E-state index >= 15 is 0 Å². The molecule has 0 aliphatic rings. The third-order valence-electron chi connectivity index (χ3n) is 2.61. The fourth-order valence-electron chi connectivity index (χ4n) is 1.75. The summed E-state index contributed by atoms with van der Waals surface area (Å²) in [4.78, 5) is 23.4. The molecule has 0 atom stereocenters. The maximum absolute atomic E-state index is 11.8. The highest BCUT2D eigenvalue weighted by atomic mass is 16.2. The molecule has 0 aliphatic heterocycles. The summed E-state index contributed by atoms with van der Waals surface area (Å²) in [6.45, 7) is 9.81. The van der Waals surface area contributed by atoms with Crippen LogP contribution in [0.5, 0.6) is 0 Å². The summed E-state index contributed by atoms with van der Waals surface area (Å²) in [7, 11) is 0. The van der Waals surface area contributed by atoms with Crippen molar-refractivity contribution in [3.05, 3.63) is 29.8 Å². The quantitative estimate of drug-likeness (QED) is 0.804. The molecule has 1 aromatic rings. The molecule has 4 heteroatoms. The number of hydrogen-bond donors (Lipinski definition) is 2. The summed E-state index contributed by atoms with van der Waals surface area (Å²) < 4.78 is 0. The molecule has 0 fully saturated rings. The highest BCUT2D eigenvalue weighted by molar-refractivity contribution is 6.39. The van der Waals surface area contributed by atoms with Gasteiger partial charge in [-0.25, -0.2) is 0 Å². The van der Waals surface area contributed by atoms with E-state index < -0.39 is 11.8 Å². The summed E-state index contributed by atoms with van der Waals surface area (Å²) >= 11 is 0. The standard InChI is InChI=1S/C15H22N2O2/c1-10(2)16-13(18)14(19)17-12-9-7-6-8-11(12)15(3,4)5/h6-10H,1-5H3,(H,16,18)(H,17,19). The van der Waals surface area contributed by atoms with Crippen LogP contribution in [-0.4, -0.2) is 17.9 Å². The van der Waals surface area contributed by atoms with Crippen molar-refractivity contribution in [1.29, 1.82) is 0 Å². The Morgan fingerprint density at radius 1 is 1.05 bits per heavy atom. The number of nitrogens with one attached hydrogen (secondary N) is 2. The van der Waals surface area contributed by atoms with Crippen molar-refractivity contribution < 1.29 is 9.59 Å². The van der Waals surface area contributed by atoms with Crippen molar-refractivity contribution in [1.82, 2.24) is 5.32 Å². The van der Waals surface area contributed by atoms with E-state index in [9.17, 15) is 9.59 Å². The molecule has 0 radical (unpaired) electrons. The molecule has 104 valence electrons. The molecule has 0 unspecified atom stereocenters. The minimum Gasteiger partial charge on any atom is -0.346 e. The molecular formula is C15H22N2O2. The third kappa shape index (κ3) is 4.39. The van der Waals surface area contributed by atoms with Crippen molar-refractivity contribution in [2.45, 2.75) is 46.1 Å². The van der Waals surface area contributed by atoms with Crippen LogP contribution in [0.15, 0.2) is 24.3 Å². The second kappa shape index (κ2) is 5.87. The fraction of sp³-hybridized carbons (Fsp3) is 0.467. The monoisotopic (exact) mass is 262 g/mol. The van der Waals surface area contributed by atoms with Gasteiger partial charge in [0.1, 0.15) is 0 Å². The summed E-state index contributed by atoms with van der Waals surface area (Å²) in [5, 5.41) is 5.24. The Balaban J connectivity index is 2.89. The van der Waals surface area contributed by atoms with Gasteiger partial charge in [0.05, 0.1) is 0 Å². The van der Waals surface area contributed by atoms with Gasteiger partial charge in [0.2, 0.25) is 0 Å². The van der Waals surface area contributed by atoms with E-state index in [1.165, 1.54) is 0 Å². The molecule has 0 saturated carbocycles. The smallest absolute Gasteiger partial charge is 0.313 e. The number of amides is 2. The molecule has 1 rings (SSSR count). The first-order chi connectivity index (χ1) is 8.71. The van der Waals surface area contributed by atoms with Gasteiger partial charge in [-0.2, -0.15) is 0 Å². The molecule has 0 bridgehead atoms. The predicted octanol–water partition coefficient (Wildman–Crippen LogP) is 2.45. The lowest BCUT2D eigenvalue weighted by molar-refractivity contribution is -0.136. The first-order valence-corrected chi connectivity index (χ1v) is 6.43. The Hall–Kier alpha value is -1.84. The average molecular weight is 262 g/mol. The van der Waals surface area contributed by atoms with Crippen LogP contribution >= 0.6 is 0 Å². The van der Waals surface area contributed by atoms with Crippen molar-refractivity contribution in [2.75, 3.05) is 5.32 Å². The zero-order valence-corrected chi connectivity index (χ0v) is 12.2. The second-order valence-electron chi connectivity index (χ2n) is 5.88. The van der Waals surface area contributed by atoms with E-state index in [-0.39, 0.29) is 11.5 Å². The molecule has 0 saturated heterocycles. The van der Waals surface area contributed by atoms with Gasteiger partial charge >= 0.3 is 11.8 Å². The van der Waals surface area contributed by atoms with E-state index in [1.807, 2.05) is 32.0 Å². The molecule has 19 heavy (non-hydrogen) atoms. The van der Waals surface area contributed by atoms with E-state index in [1.54, 1.807) is 6.07 Å². The maximum atomic E-state index is 11.8. The zero-order valence-electron chi connectivity index (χ0n) is 12.2. The molecule has 0 spiro atoms. The average Bonchev–Trinajstić information content (AvgIpc) is 2.27. The van der Waals surface area contributed by atoms with Gasteiger partial charge in [0.15, 0.2) is 0 Å². The summed E-state index contributed by atoms with van der Waals surface area (Å²) in [5.41, 5.74) is 1.58. The van der Waals surface area contributed by atoms with E-state index in [0.717, 1.165) is 5.56 Å². The Morgan fingerprint density at radius 2 is 1.63 bits per heavy atom. The normalized spacial score (nSPS) is 11.3. The van der Waals surface area contributed by atoms with Crippen LogP contribution in [0.3, 0.4) is 0 Å². The molecule has 0 heterocycles. The van der Waals surface area contributed by atoms with Crippen molar-refractivity contribution in [2.24, 2.45) is 0 Å². The van der Waals surface area contributed by atoms with Gasteiger partial charge in [-0.3, -0.25) is 9.59 Å². The number of anilines is 1. The predicted molar refractivity (Wildman–Crippen MR) is 77.1 cm³/mol. The molecule has 0 aliphatic carbocycles.